The molecule has 22 heavy (non-hydrogen) atoms. The molecule has 0 aromatic heterocycles. The van der Waals surface area contributed by atoms with Crippen LogP contribution >= 0.6 is 11.6 Å². The average Bonchev–Trinajstić information content (AvgIpc) is 2.55. The first-order chi connectivity index (χ1) is 10.6. The van der Waals surface area contributed by atoms with Crippen molar-refractivity contribution >= 4 is 17.5 Å². The van der Waals surface area contributed by atoms with E-state index in [1.54, 1.807) is 18.2 Å². The molecule has 0 spiro atoms. The van der Waals surface area contributed by atoms with Gasteiger partial charge >= 0.3 is 0 Å². The lowest BCUT2D eigenvalue weighted by atomic mass is 10.1. The van der Waals surface area contributed by atoms with Gasteiger partial charge in [0.1, 0.15) is 6.61 Å². The van der Waals surface area contributed by atoms with Gasteiger partial charge in [0.15, 0.2) is 11.5 Å². The van der Waals surface area contributed by atoms with Crippen molar-refractivity contribution in [1.82, 2.24) is 5.32 Å². The summed E-state index contributed by atoms with van der Waals surface area (Å²) >= 11 is 5.87. The second kappa shape index (κ2) is 6.28. The van der Waals surface area contributed by atoms with Gasteiger partial charge in [-0.1, -0.05) is 35.9 Å². The number of nitrogens with one attached hydrogen (secondary N) is 1. The van der Waals surface area contributed by atoms with Gasteiger partial charge in [-0.05, 0) is 36.8 Å². The van der Waals surface area contributed by atoms with E-state index in [-0.39, 0.29) is 18.6 Å². The molecule has 0 aliphatic carbocycles. The van der Waals surface area contributed by atoms with Crippen LogP contribution in [0.1, 0.15) is 18.5 Å². The summed E-state index contributed by atoms with van der Waals surface area (Å²) < 4.78 is 11.2. The van der Waals surface area contributed by atoms with Crippen molar-refractivity contribution in [2.75, 3.05) is 6.61 Å². The van der Waals surface area contributed by atoms with E-state index in [0.29, 0.717) is 16.5 Å². The predicted octanol–water partition coefficient (Wildman–Crippen LogP) is 3.36. The number of hydrogen-bond acceptors (Lipinski definition) is 3. The summed E-state index contributed by atoms with van der Waals surface area (Å²) in [5.41, 5.74) is 0.981. The maximum absolute atomic E-state index is 12.3. The summed E-state index contributed by atoms with van der Waals surface area (Å²) in [6.45, 7) is 2.12. The smallest absolute Gasteiger partial charge is 0.265 e. The first kappa shape index (κ1) is 14.7. The fourth-order valence-corrected chi connectivity index (χ4v) is 2.42. The molecule has 1 aliphatic rings. The van der Waals surface area contributed by atoms with Crippen LogP contribution in [0.25, 0.3) is 0 Å². The molecule has 1 heterocycles. The van der Waals surface area contributed by atoms with E-state index >= 15 is 0 Å². The third-order valence-electron chi connectivity index (χ3n) is 3.53. The van der Waals surface area contributed by atoms with Gasteiger partial charge in [-0.3, -0.25) is 4.79 Å². The minimum Gasteiger partial charge on any atom is -0.485 e. The third kappa shape index (κ3) is 3.17. The Kier molecular flexibility index (Phi) is 4.20. The molecule has 0 saturated carbocycles. The monoisotopic (exact) mass is 317 g/mol. The minimum atomic E-state index is -0.648. The number of fused-ring (bicyclic) bond motifs is 1. The van der Waals surface area contributed by atoms with E-state index in [4.69, 9.17) is 21.1 Å². The summed E-state index contributed by atoms with van der Waals surface area (Å²) in [6.07, 6.45) is -0.648. The Morgan fingerprint density at radius 2 is 1.86 bits per heavy atom. The Labute approximate surface area is 134 Å². The van der Waals surface area contributed by atoms with Gasteiger partial charge in [-0.15, -0.1) is 0 Å². The number of hydrogen-bond donors (Lipinski definition) is 1. The van der Waals surface area contributed by atoms with Gasteiger partial charge in [-0.2, -0.15) is 0 Å². The van der Waals surface area contributed by atoms with Crippen molar-refractivity contribution in [1.29, 1.82) is 0 Å². The van der Waals surface area contributed by atoms with E-state index < -0.39 is 6.10 Å². The molecule has 0 radical (unpaired) electrons. The molecule has 114 valence electrons. The van der Waals surface area contributed by atoms with Crippen molar-refractivity contribution in [2.45, 2.75) is 19.1 Å². The quantitative estimate of drug-likeness (QED) is 0.944. The maximum Gasteiger partial charge on any atom is 0.265 e. The second-order valence-electron chi connectivity index (χ2n) is 5.15. The summed E-state index contributed by atoms with van der Waals surface area (Å²) in [4.78, 5) is 12.3. The molecule has 2 aromatic rings. The lowest BCUT2D eigenvalue weighted by Gasteiger charge is -2.26. The molecule has 0 unspecified atom stereocenters. The SMILES string of the molecule is C[C@H](NC(=O)[C@@H]1COc2ccccc2O1)c1ccc(Cl)cc1. The standard InChI is InChI=1S/C17H16ClNO3/c1-11(12-6-8-13(18)9-7-12)19-17(20)16-10-21-14-4-2-3-5-15(14)22-16/h2-9,11,16H,10H2,1H3,(H,19,20)/t11-,16-/m0/s1. The molecule has 2 aromatic carbocycles. The van der Waals surface area contributed by atoms with E-state index in [9.17, 15) is 4.79 Å². The zero-order chi connectivity index (χ0) is 15.5. The van der Waals surface area contributed by atoms with Gasteiger partial charge in [0, 0.05) is 5.02 Å². The summed E-state index contributed by atoms with van der Waals surface area (Å²) in [6, 6.07) is 14.6. The largest absolute Gasteiger partial charge is 0.485 e. The highest BCUT2D eigenvalue weighted by atomic mass is 35.5. The van der Waals surface area contributed by atoms with E-state index in [0.717, 1.165) is 5.56 Å². The summed E-state index contributed by atoms with van der Waals surface area (Å²) in [7, 11) is 0. The van der Waals surface area contributed by atoms with E-state index in [1.165, 1.54) is 0 Å². The minimum absolute atomic E-state index is 0.134. The Morgan fingerprint density at radius 3 is 2.59 bits per heavy atom. The third-order valence-corrected chi connectivity index (χ3v) is 3.78. The normalized spacial score (nSPS) is 17.6. The van der Waals surface area contributed by atoms with Crippen LogP contribution in [0.5, 0.6) is 11.5 Å². The lowest BCUT2D eigenvalue weighted by molar-refractivity contribution is -0.131. The lowest BCUT2D eigenvalue weighted by Crippen LogP contribution is -2.44. The molecule has 4 nitrogen and oxygen atoms in total. The van der Waals surface area contributed by atoms with Crippen molar-refractivity contribution < 1.29 is 14.3 Å². The molecular weight excluding hydrogens is 302 g/mol. The van der Waals surface area contributed by atoms with Gasteiger partial charge < -0.3 is 14.8 Å². The molecule has 5 heteroatoms. The average molecular weight is 318 g/mol. The Hall–Kier alpha value is -2.20. The fourth-order valence-electron chi connectivity index (χ4n) is 2.29. The van der Waals surface area contributed by atoms with Crippen molar-refractivity contribution in [3.8, 4) is 11.5 Å². The van der Waals surface area contributed by atoms with Crippen LogP contribution in [-0.4, -0.2) is 18.6 Å². The maximum atomic E-state index is 12.3. The van der Waals surface area contributed by atoms with Gasteiger partial charge in [0.05, 0.1) is 6.04 Å². The predicted molar refractivity (Wildman–Crippen MR) is 84.4 cm³/mol. The molecular formula is C17H16ClNO3. The molecule has 1 N–H and O–H groups in total. The number of rotatable bonds is 3. The molecule has 0 bridgehead atoms. The zero-order valence-electron chi connectivity index (χ0n) is 12.1. The van der Waals surface area contributed by atoms with Gasteiger partial charge in [-0.25, -0.2) is 0 Å². The van der Waals surface area contributed by atoms with Crippen LogP contribution in [0.15, 0.2) is 48.5 Å². The number of amides is 1. The van der Waals surface area contributed by atoms with Crippen molar-refractivity contribution in [3.05, 3.63) is 59.1 Å². The van der Waals surface area contributed by atoms with E-state index in [1.807, 2.05) is 37.3 Å². The molecule has 1 aliphatic heterocycles. The van der Waals surface area contributed by atoms with Crippen molar-refractivity contribution in [3.63, 3.8) is 0 Å². The van der Waals surface area contributed by atoms with Gasteiger partial charge in [0.2, 0.25) is 6.10 Å². The topological polar surface area (TPSA) is 47.6 Å². The van der Waals surface area contributed by atoms with Crippen LogP contribution in [0, 0.1) is 0 Å². The molecule has 3 rings (SSSR count). The number of benzene rings is 2. The number of carbonyl (C=O) groups is 1. The first-order valence-electron chi connectivity index (χ1n) is 7.08. The highest BCUT2D eigenvalue weighted by molar-refractivity contribution is 6.30. The van der Waals surface area contributed by atoms with Crippen LogP contribution < -0.4 is 14.8 Å². The molecule has 0 saturated heterocycles. The Bertz CT molecular complexity index is 672. The second-order valence-corrected chi connectivity index (χ2v) is 5.58. The Balaban J connectivity index is 1.64. The first-order valence-corrected chi connectivity index (χ1v) is 7.45. The number of carbonyl (C=O) groups excluding carboxylic acids is 1. The Morgan fingerprint density at radius 1 is 1.18 bits per heavy atom. The number of ether oxygens (including phenoxy) is 2. The molecule has 1 amide bonds. The summed E-state index contributed by atoms with van der Waals surface area (Å²) in [5, 5.41) is 3.60. The van der Waals surface area contributed by atoms with Crippen LogP contribution in [0.4, 0.5) is 0 Å². The highest BCUT2D eigenvalue weighted by Gasteiger charge is 2.28. The molecule has 2 atom stereocenters. The number of para-hydroxylation sites is 2. The van der Waals surface area contributed by atoms with Crippen molar-refractivity contribution in [2.24, 2.45) is 0 Å². The fraction of sp³-hybridized carbons (Fsp3) is 0.235. The van der Waals surface area contributed by atoms with E-state index in [2.05, 4.69) is 5.32 Å². The zero-order valence-corrected chi connectivity index (χ0v) is 12.8. The van der Waals surface area contributed by atoms with Crippen LogP contribution in [-0.2, 0) is 4.79 Å². The van der Waals surface area contributed by atoms with Crippen LogP contribution in [0.2, 0.25) is 5.02 Å². The van der Waals surface area contributed by atoms with Crippen LogP contribution in [0.3, 0.4) is 0 Å². The molecule has 0 fully saturated rings. The number of halogens is 1. The van der Waals surface area contributed by atoms with Gasteiger partial charge in [0.25, 0.3) is 5.91 Å². The highest BCUT2D eigenvalue weighted by Crippen LogP contribution is 2.31. The summed E-state index contributed by atoms with van der Waals surface area (Å²) in [5.74, 6) is 1.06.